The summed E-state index contributed by atoms with van der Waals surface area (Å²) >= 11 is 1.61. The number of thiazole rings is 1. The molecule has 0 unspecified atom stereocenters. The molecule has 0 spiro atoms. The molecule has 1 aliphatic heterocycles. The molecule has 1 amide bonds. The third-order valence-electron chi connectivity index (χ3n) is 4.19. The average Bonchev–Trinajstić information content (AvgIpc) is 2.87. The molecule has 3 rings (SSSR count). The van der Waals surface area contributed by atoms with Gasteiger partial charge in [-0.25, -0.2) is 4.98 Å². The van der Waals surface area contributed by atoms with Crippen LogP contribution in [-0.4, -0.2) is 42.0 Å². The minimum Gasteiger partial charge on any atom is -0.341 e. The predicted molar refractivity (Wildman–Crippen MR) is 102 cm³/mol. The predicted octanol–water partition coefficient (Wildman–Crippen LogP) is 3.16. The van der Waals surface area contributed by atoms with Crippen molar-refractivity contribution in [2.24, 2.45) is 0 Å². The lowest BCUT2D eigenvalue weighted by Gasteiger charge is -2.19. The summed E-state index contributed by atoms with van der Waals surface area (Å²) in [6.07, 6.45) is 2.48. The highest BCUT2D eigenvalue weighted by molar-refractivity contribution is 7.13. The molecule has 2 heterocycles. The molecule has 6 heteroatoms. The van der Waals surface area contributed by atoms with Crippen LogP contribution in [0.25, 0.3) is 10.6 Å². The molecular weight excluding hydrogens is 342 g/mol. The molecule has 1 aromatic heterocycles. The number of aromatic nitrogens is 1. The van der Waals surface area contributed by atoms with E-state index < -0.39 is 0 Å². The van der Waals surface area contributed by atoms with E-state index in [4.69, 9.17) is 0 Å². The second-order valence-electron chi connectivity index (χ2n) is 5.86. The Hall–Kier alpha value is -1.43. The molecule has 130 valence electrons. The molecule has 2 aromatic rings. The smallest absolute Gasteiger partial charge is 0.228 e. The molecule has 1 fully saturated rings. The Morgan fingerprint density at radius 2 is 2.04 bits per heavy atom. The molecule has 0 saturated carbocycles. The molecule has 1 aromatic carbocycles. The fourth-order valence-electron chi connectivity index (χ4n) is 2.77. The number of carbonyl (C=O) groups excluding carboxylic acids is 1. The maximum absolute atomic E-state index is 12.4. The van der Waals surface area contributed by atoms with E-state index in [2.05, 4.69) is 41.5 Å². The van der Waals surface area contributed by atoms with Crippen LogP contribution < -0.4 is 5.32 Å². The summed E-state index contributed by atoms with van der Waals surface area (Å²) in [5.41, 5.74) is 3.34. The van der Waals surface area contributed by atoms with E-state index in [0.717, 1.165) is 55.3 Å². The monoisotopic (exact) mass is 365 g/mol. The molecule has 1 aliphatic rings. The van der Waals surface area contributed by atoms with Gasteiger partial charge in [0.15, 0.2) is 0 Å². The van der Waals surface area contributed by atoms with Gasteiger partial charge in [0.1, 0.15) is 5.01 Å². The van der Waals surface area contributed by atoms with Gasteiger partial charge in [-0.05, 0) is 24.9 Å². The largest absolute Gasteiger partial charge is 0.341 e. The molecule has 0 atom stereocenters. The van der Waals surface area contributed by atoms with Gasteiger partial charge >= 0.3 is 0 Å². The van der Waals surface area contributed by atoms with Crippen molar-refractivity contribution in [2.75, 3.05) is 26.2 Å². The summed E-state index contributed by atoms with van der Waals surface area (Å²) in [6, 6.07) is 8.52. The fourth-order valence-corrected chi connectivity index (χ4v) is 3.59. The first kappa shape index (κ1) is 18.9. The number of benzene rings is 1. The highest BCUT2D eigenvalue weighted by atomic mass is 35.5. The summed E-state index contributed by atoms with van der Waals surface area (Å²) in [6.45, 7) is 5.69. The van der Waals surface area contributed by atoms with E-state index in [0.29, 0.717) is 6.42 Å². The SMILES string of the molecule is CCc1ccc(-c2nc(CC(=O)N3CCCNCC3)cs2)cc1.Cl. The summed E-state index contributed by atoms with van der Waals surface area (Å²) in [5.74, 6) is 0.187. The maximum atomic E-state index is 12.4. The second kappa shape index (κ2) is 9.16. The first-order chi connectivity index (χ1) is 11.3. The zero-order chi connectivity index (χ0) is 16.1. The van der Waals surface area contributed by atoms with E-state index in [9.17, 15) is 4.79 Å². The quantitative estimate of drug-likeness (QED) is 0.905. The third kappa shape index (κ3) is 4.79. The number of halogens is 1. The summed E-state index contributed by atoms with van der Waals surface area (Å²) in [4.78, 5) is 19.0. The van der Waals surface area contributed by atoms with Crippen molar-refractivity contribution in [3.05, 3.63) is 40.9 Å². The number of nitrogens with zero attached hydrogens (tertiary/aromatic N) is 2. The Morgan fingerprint density at radius 3 is 2.79 bits per heavy atom. The van der Waals surface area contributed by atoms with Crippen molar-refractivity contribution in [3.63, 3.8) is 0 Å². The van der Waals surface area contributed by atoms with Gasteiger partial charge in [-0.1, -0.05) is 31.2 Å². The van der Waals surface area contributed by atoms with Crippen molar-refractivity contribution in [2.45, 2.75) is 26.2 Å². The van der Waals surface area contributed by atoms with Gasteiger partial charge in [-0.2, -0.15) is 0 Å². The minimum absolute atomic E-state index is 0. The molecule has 0 aliphatic carbocycles. The van der Waals surface area contributed by atoms with Gasteiger partial charge in [0.2, 0.25) is 5.91 Å². The van der Waals surface area contributed by atoms with Crippen molar-refractivity contribution < 1.29 is 4.79 Å². The molecule has 1 N–H and O–H groups in total. The normalized spacial score (nSPS) is 14.8. The van der Waals surface area contributed by atoms with Crippen LogP contribution in [0, 0.1) is 0 Å². The lowest BCUT2D eigenvalue weighted by Crippen LogP contribution is -2.35. The summed E-state index contributed by atoms with van der Waals surface area (Å²) in [7, 11) is 0. The van der Waals surface area contributed by atoms with E-state index in [1.54, 1.807) is 11.3 Å². The van der Waals surface area contributed by atoms with Crippen molar-refractivity contribution in [1.82, 2.24) is 15.2 Å². The van der Waals surface area contributed by atoms with Crippen LogP contribution in [0.2, 0.25) is 0 Å². The van der Waals surface area contributed by atoms with Crippen molar-refractivity contribution in [3.8, 4) is 10.6 Å². The standard InChI is InChI=1S/C18H23N3OS.ClH/c1-2-14-4-6-15(7-5-14)18-20-16(13-23-18)12-17(22)21-10-3-8-19-9-11-21;/h4-7,13,19H,2-3,8-12H2,1H3;1H. The van der Waals surface area contributed by atoms with E-state index >= 15 is 0 Å². The van der Waals surface area contributed by atoms with E-state index in [1.807, 2.05) is 10.3 Å². The van der Waals surface area contributed by atoms with E-state index in [1.165, 1.54) is 5.56 Å². The zero-order valence-corrected chi connectivity index (χ0v) is 15.6. The zero-order valence-electron chi connectivity index (χ0n) is 14.0. The first-order valence-electron chi connectivity index (χ1n) is 8.28. The Bertz CT molecular complexity index is 649. The van der Waals surface area contributed by atoms with Crippen LogP contribution in [0.15, 0.2) is 29.6 Å². The van der Waals surface area contributed by atoms with Crippen LogP contribution >= 0.6 is 23.7 Å². The highest BCUT2D eigenvalue weighted by Gasteiger charge is 2.17. The van der Waals surface area contributed by atoms with Crippen molar-refractivity contribution >= 4 is 29.7 Å². The lowest BCUT2D eigenvalue weighted by molar-refractivity contribution is -0.130. The Balaban J connectivity index is 0.00000208. The van der Waals surface area contributed by atoms with E-state index in [-0.39, 0.29) is 18.3 Å². The number of hydrogen-bond donors (Lipinski definition) is 1. The van der Waals surface area contributed by atoms with Crippen LogP contribution in [0.1, 0.15) is 24.6 Å². The Labute approximate surface area is 153 Å². The second-order valence-corrected chi connectivity index (χ2v) is 6.71. The van der Waals surface area contributed by atoms with Gasteiger partial charge in [0.05, 0.1) is 12.1 Å². The first-order valence-corrected chi connectivity index (χ1v) is 9.16. The number of rotatable bonds is 4. The summed E-state index contributed by atoms with van der Waals surface area (Å²) in [5, 5.41) is 6.33. The molecule has 0 radical (unpaired) electrons. The van der Waals surface area contributed by atoms with Crippen molar-refractivity contribution in [1.29, 1.82) is 0 Å². The van der Waals surface area contributed by atoms with Crippen LogP contribution in [0.5, 0.6) is 0 Å². The molecular formula is C18H24ClN3OS. The van der Waals surface area contributed by atoms with Crippen LogP contribution in [-0.2, 0) is 17.6 Å². The van der Waals surface area contributed by atoms with Gasteiger partial charge in [0, 0.05) is 30.6 Å². The Kier molecular flexibility index (Phi) is 7.21. The average molecular weight is 366 g/mol. The molecule has 1 saturated heterocycles. The number of nitrogens with one attached hydrogen (secondary N) is 1. The molecule has 4 nitrogen and oxygen atoms in total. The Morgan fingerprint density at radius 1 is 1.25 bits per heavy atom. The van der Waals surface area contributed by atoms with Gasteiger partial charge in [0.25, 0.3) is 0 Å². The van der Waals surface area contributed by atoms with Gasteiger partial charge in [-0.15, -0.1) is 23.7 Å². The topological polar surface area (TPSA) is 45.2 Å². The van der Waals surface area contributed by atoms with Gasteiger partial charge in [-0.3, -0.25) is 4.79 Å². The maximum Gasteiger partial charge on any atom is 0.228 e. The summed E-state index contributed by atoms with van der Waals surface area (Å²) < 4.78 is 0. The number of aryl methyl sites for hydroxylation is 1. The molecule has 24 heavy (non-hydrogen) atoms. The number of hydrogen-bond acceptors (Lipinski definition) is 4. The van der Waals surface area contributed by atoms with Gasteiger partial charge < -0.3 is 10.2 Å². The lowest BCUT2D eigenvalue weighted by atomic mass is 10.1. The fraction of sp³-hybridized carbons (Fsp3) is 0.444. The minimum atomic E-state index is 0. The number of amides is 1. The molecule has 0 bridgehead atoms. The number of carbonyl (C=O) groups is 1. The van der Waals surface area contributed by atoms with Crippen LogP contribution in [0.3, 0.4) is 0 Å². The third-order valence-corrected chi connectivity index (χ3v) is 5.13. The van der Waals surface area contributed by atoms with Crippen LogP contribution in [0.4, 0.5) is 0 Å². The highest BCUT2D eigenvalue weighted by Crippen LogP contribution is 2.24.